The van der Waals surface area contributed by atoms with Crippen molar-refractivity contribution in [2.24, 2.45) is 0 Å². The molecule has 0 spiro atoms. The first-order valence-electron chi connectivity index (χ1n) is 7.23. The van der Waals surface area contributed by atoms with Crippen molar-refractivity contribution in [3.63, 3.8) is 0 Å². The van der Waals surface area contributed by atoms with E-state index >= 15 is 0 Å². The van der Waals surface area contributed by atoms with Crippen LogP contribution >= 0.6 is 0 Å². The number of carbonyl (C=O) groups is 1. The number of aromatic nitrogens is 3. The van der Waals surface area contributed by atoms with Crippen LogP contribution in [0.5, 0.6) is 0 Å². The third kappa shape index (κ3) is 3.07. The van der Waals surface area contributed by atoms with Crippen LogP contribution in [0.1, 0.15) is 40.6 Å². The first-order chi connectivity index (χ1) is 10.2. The van der Waals surface area contributed by atoms with Crippen molar-refractivity contribution in [3.8, 4) is 0 Å². The van der Waals surface area contributed by atoms with Gasteiger partial charge in [-0.3, -0.25) is 9.78 Å². The summed E-state index contributed by atoms with van der Waals surface area (Å²) in [5.41, 5.74) is 1.74. The number of likely N-dealkylation sites (tertiary alicyclic amines) is 1. The van der Waals surface area contributed by atoms with E-state index in [-0.39, 0.29) is 5.91 Å². The van der Waals surface area contributed by atoms with Crippen molar-refractivity contribution in [1.29, 1.82) is 0 Å². The van der Waals surface area contributed by atoms with Gasteiger partial charge in [0.15, 0.2) is 0 Å². The van der Waals surface area contributed by atoms with Crippen LogP contribution in [-0.4, -0.2) is 38.8 Å². The highest BCUT2D eigenvalue weighted by Crippen LogP contribution is 2.26. The van der Waals surface area contributed by atoms with Crippen molar-refractivity contribution < 1.29 is 4.79 Å². The summed E-state index contributed by atoms with van der Waals surface area (Å²) in [6.45, 7) is 3.42. The van der Waals surface area contributed by atoms with Crippen molar-refractivity contribution in [1.82, 2.24) is 19.9 Å². The normalized spacial score (nSPS) is 18.5. The second kappa shape index (κ2) is 5.99. The SMILES string of the molecule is Cc1nccc(C2CCCN(C(=O)c3ccncc3)C2)n1. The fourth-order valence-electron chi connectivity index (χ4n) is 2.78. The highest BCUT2D eigenvalue weighted by Gasteiger charge is 2.26. The first-order valence-corrected chi connectivity index (χ1v) is 7.23. The lowest BCUT2D eigenvalue weighted by Crippen LogP contribution is -2.39. The van der Waals surface area contributed by atoms with Crippen LogP contribution in [0.15, 0.2) is 36.8 Å². The average molecular weight is 282 g/mol. The van der Waals surface area contributed by atoms with Crippen molar-refractivity contribution >= 4 is 5.91 Å². The maximum Gasteiger partial charge on any atom is 0.253 e. The number of hydrogen-bond acceptors (Lipinski definition) is 4. The largest absolute Gasteiger partial charge is 0.338 e. The van der Waals surface area contributed by atoms with Gasteiger partial charge in [-0.2, -0.15) is 0 Å². The molecule has 2 aromatic heterocycles. The second-order valence-electron chi connectivity index (χ2n) is 5.35. The quantitative estimate of drug-likeness (QED) is 0.847. The molecule has 3 heterocycles. The number of amides is 1. The van der Waals surface area contributed by atoms with Gasteiger partial charge in [-0.15, -0.1) is 0 Å². The van der Waals surface area contributed by atoms with E-state index < -0.39 is 0 Å². The Hall–Kier alpha value is -2.30. The molecule has 1 fully saturated rings. The highest BCUT2D eigenvalue weighted by molar-refractivity contribution is 5.94. The van der Waals surface area contributed by atoms with Gasteiger partial charge in [0.2, 0.25) is 0 Å². The molecule has 5 heteroatoms. The minimum absolute atomic E-state index is 0.0767. The van der Waals surface area contributed by atoms with Crippen LogP contribution in [0.2, 0.25) is 0 Å². The molecule has 0 radical (unpaired) electrons. The molecule has 1 atom stereocenters. The smallest absolute Gasteiger partial charge is 0.253 e. The lowest BCUT2D eigenvalue weighted by atomic mass is 9.94. The van der Waals surface area contributed by atoms with Crippen LogP contribution < -0.4 is 0 Å². The number of pyridine rings is 1. The topological polar surface area (TPSA) is 59.0 Å². The molecule has 3 rings (SSSR count). The average Bonchev–Trinajstić information content (AvgIpc) is 2.55. The summed E-state index contributed by atoms with van der Waals surface area (Å²) >= 11 is 0. The molecule has 1 amide bonds. The van der Waals surface area contributed by atoms with Crippen LogP contribution in [0, 0.1) is 6.92 Å². The number of piperidine rings is 1. The fraction of sp³-hybridized carbons (Fsp3) is 0.375. The fourth-order valence-corrected chi connectivity index (χ4v) is 2.78. The second-order valence-corrected chi connectivity index (χ2v) is 5.35. The molecule has 1 saturated heterocycles. The Kier molecular flexibility index (Phi) is 3.90. The van der Waals surface area contributed by atoms with E-state index in [0.29, 0.717) is 11.5 Å². The summed E-state index contributed by atoms with van der Waals surface area (Å²) in [6.07, 6.45) is 7.17. The van der Waals surface area contributed by atoms with Crippen LogP contribution in [0.3, 0.4) is 0 Å². The molecular formula is C16H18N4O. The number of nitrogens with zero attached hydrogens (tertiary/aromatic N) is 4. The third-order valence-electron chi connectivity index (χ3n) is 3.85. The van der Waals surface area contributed by atoms with Crippen molar-refractivity contribution in [3.05, 3.63) is 53.9 Å². The zero-order valence-electron chi connectivity index (χ0n) is 12.1. The molecule has 0 saturated carbocycles. The summed E-state index contributed by atoms with van der Waals surface area (Å²) in [6, 6.07) is 5.49. The molecule has 2 aromatic rings. The van der Waals surface area contributed by atoms with Gasteiger partial charge >= 0.3 is 0 Å². The Morgan fingerprint density at radius 1 is 1.24 bits per heavy atom. The standard InChI is InChI=1S/C16H18N4O/c1-12-18-9-6-15(19-12)14-3-2-10-20(11-14)16(21)13-4-7-17-8-5-13/h4-9,14H,2-3,10-11H2,1H3. The third-order valence-corrected chi connectivity index (χ3v) is 3.85. The molecule has 1 unspecified atom stereocenters. The summed E-state index contributed by atoms with van der Waals surface area (Å²) in [5, 5.41) is 0. The molecule has 0 aliphatic carbocycles. The molecule has 0 N–H and O–H groups in total. The number of rotatable bonds is 2. The van der Waals surface area contributed by atoms with Gasteiger partial charge in [-0.05, 0) is 38.0 Å². The van der Waals surface area contributed by atoms with Gasteiger partial charge in [0, 0.05) is 48.9 Å². The molecular weight excluding hydrogens is 264 g/mol. The monoisotopic (exact) mass is 282 g/mol. The van der Waals surface area contributed by atoms with E-state index in [1.807, 2.05) is 17.9 Å². The van der Waals surface area contributed by atoms with E-state index in [1.165, 1.54) is 0 Å². The zero-order valence-corrected chi connectivity index (χ0v) is 12.1. The zero-order chi connectivity index (χ0) is 14.7. The Balaban J connectivity index is 1.75. The minimum atomic E-state index is 0.0767. The molecule has 0 aromatic carbocycles. The van der Waals surface area contributed by atoms with Gasteiger partial charge in [0.25, 0.3) is 5.91 Å². The summed E-state index contributed by atoms with van der Waals surface area (Å²) in [5.74, 6) is 1.16. The van der Waals surface area contributed by atoms with Crippen molar-refractivity contribution in [2.45, 2.75) is 25.7 Å². The molecule has 5 nitrogen and oxygen atoms in total. The van der Waals surface area contributed by atoms with E-state index in [2.05, 4.69) is 15.0 Å². The number of aryl methyl sites for hydroxylation is 1. The Labute approximate surface area is 124 Å². The van der Waals surface area contributed by atoms with Gasteiger partial charge in [-0.1, -0.05) is 0 Å². The van der Waals surface area contributed by atoms with Crippen molar-refractivity contribution in [2.75, 3.05) is 13.1 Å². The summed E-state index contributed by atoms with van der Waals surface area (Å²) in [7, 11) is 0. The summed E-state index contributed by atoms with van der Waals surface area (Å²) in [4.78, 5) is 27.0. The number of hydrogen-bond donors (Lipinski definition) is 0. The van der Waals surface area contributed by atoms with E-state index in [0.717, 1.165) is 37.4 Å². The van der Waals surface area contributed by atoms with Gasteiger partial charge < -0.3 is 4.90 Å². The Morgan fingerprint density at radius 3 is 2.81 bits per heavy atom. The maximum absolute atomic E-state index is 12.5. The lowest BCUT2D eigenvalue weighted by Gasteiger charge is -2.32. The van der Waals surface area contributed by atoms with Gasteiger partial charge in [0.1, 0.15) is 5.82 Å². The van der Waals surface area contributed by atoms with E-state index in [9.17, 15) is 4.79 Å². The van der Waals surface area contributed by atoms with Crippen LogP contribution in [0.25, 0.3) is 0 Å². The molecule has 1 aliphatic heterocycles. The molecule has 21 heavy (non-hydrogen) atoms. The van der Waals surface area contributed by atoms with Crippen LogP contribution in [-0.2, 0) is 0 Å². The minimum Gasteiger partial charge on any atom is -0.338 e. The van der Waals surface area contributed by atoms with E-state index in [1.54, 1.807) is 30.7 Å². The lowest BCUT2D eigenvalue weighted by molar-refractivity contribution is 0.0705. The van der Waals surface area contributed by atoms with Crippen LogP contribution in [0.4, 0.5) is 0 Å². The highest BCUT2D eigenvalue weighted by atomic mass is 16.2. The van der Waals surface area contributed by atoms with Gasteiger partial charge in [-0.25, -0.2) is 9.97 Å². The Morgan fingerprint density at radius 2 is 2.05 bits per heavy atom. The van der Waals surface area contributed by atoms with E-state index in [4.69, 9.17) is 0 Å². The molecule has 1 aliphatic rings. The predicted octanol–water partition coefficient (Wildman–Crippen LogP) is 2.20. The van der Waals surface area contributed by atoms with Gasteiger partial charge in [0.05, 0.1) is 0 Å². The first kappa shape index (κ1) is 13.7. The summed E-state index contributed by atoms with van der Waals surface area (Å²) < 4.78 is 0. The molecule has 0 bridgehead atoms. The number of carbonyl (C=O) groups excluding carboxylic acids is 1. The molecule has 108 valence electrons. The Bertz CT molecular complexity index is 629. The predicted molar refractivity (Wildman–Crippen MR) is 78.9 cm³/mol. The maximum atomic E-state index is 12.5.